The molecule has 9 nitrogen and oxygen atoms in total. The third-order valence-electron chi connectivity index (χ3n) is 2.62. The molecule has 0 radical (unpaired) electrons. The fourth-order valence-electron chi connectivity index (χ4n) is 1.82. The Balaban J connectivity index is 2.19. The van der Waals surface area contributed by atoms with E-state index in [2.05, 4.69) is 15.5 Å². The molecule has 0 fully saturated rings. The van der Waals surface area contributed by atoms with Crippen molar-refractivity contribution in [2.75, 3.05) is 13.1 Å². The van der Waals surface area contributed by atoms with E-state index in [1.807, 2.05) is 18.2 Å². The summed E-state index contributed by atoms with van der Waals surface area (Å²) in [6, 6.07) is 9.05. The summed E-state index contributed by atoms with van der Waals surface area (Å²) in [7, 11) is 0. The van der Waals surface area contributed by atoms with Crippen molar-refractivity contribution in [3.05, 3.63) is 36.2 Å². The van der Waals surface area contributed by atoms with Gasteiger partial charge in [0.1, 0.15) is 0 Å². The monoisotopic (exact) mass is 291 g/mol. The molecule has 0 unspecified atom stereocenters. The number of hydrogen-bond donors (Lipinski definition) is 2. The van der Waals surface area contributed by atoms with Gasteiger partial charge in [0.25, 0.3) is 0 Å². The molecule has 0 bridgehead atoms. The van der Waals surface area contributed by atoms with Gasteiger partial charge >= 0.3 is 11.9 Å². The third kappa shape index (κ3) is 4.08. The molecule has 0 saturated heterocycles. The largest absolute Gasteiger partial charge is 0.480 e. The van der Waals surface area contributed by atoms with Gasteiger partial charge in [-0.05, 0) is 22.6 Å². The summed E-state index contributed by atoms with van der Waals surface area (Å²) in [5.74, 6) is -1.87. The van der Waals surface area contributed by atoms with E-state index in [4.69, 9.17) is 10.2 Å². The van der Waals surface area contributed by atoms with Gasteiger partial charge in [-0.3, -0.25) is 14.5 Å². The lowest BCUT2D eigenvalue weighted by Gasteiger charge is -2.17. The molecule has 0 aliphatic heterocycles. The van der Waals surface area contributed by atoms with Crippen LogP contribution in [-0.4, -0.2) is 60.3 Å². The Morgan fingerprint density at radius 2 is 1.71 bits per heavy atom. The van der Waals surface area contributed by atoms with Crippen LogP contribution in [0.4, 0.5) is 0 Å². The quantitative estimate of drug-likeness (QED) is 0.709. The van der Waals surface area contributed by atoms with Crippen molar-refractivity contribution < 1.29 is 19.8 Å². The molecule has 0 aliphatic rings. The number of rotatable bonds is 7. The van der Waals surface area contributed by atoms with Crippen LogP contribution in [0.5, 0.6) is 0 Å². The normalized spacial score (nSPS) is 10.7. The second-order valence-corrected chi connectivity index (χ2v) is 4.28. The van der Waals surface area contributed by atoms with Gasteiger partial charge in [-0.15, -0.1) is 5.10 Å². The minimum Gasteiger partial charge on any atom is -0.480 e. The molecule has 2 rings (SSSR count). The number of hydrogen-bond acceptors (Lipinski definition) is 6. The van der Waals surface area contributed by atoms with Crippen LogP contribution >= 0.6 is 0 Å². The predicted molar refractivity (Wildman–Crippen MR) is 69.7 cm³/mol. The molecule has 21 heavy (non-hydrogen) atoms. The van der Waals surface area contributed by atoms with Crippen molar-refractivity contribution in [1.29, 1.82) is 0 Å². The number of carboxylic acid groups (broad SMARTS) is 2. The molecule has 0 aliphatic carbocycles. The zero-order valence-corrected chi connectivity index (χ0v) is 11.0. The van der Waals surface area contributed by atoms with Crippen LogP contribution in [0.15, 0.2) is 30.3 Å². The minimum atomic E-state index is -1.12. The number of aromatic nitrogens is 4. The SMILES string of the molecule is O=C(O)CN(CC(=O)O)Cc1nnnn1-c1ccccc1. The van der Waals surface area contributed by atoms with Crippen LogP contribution in [0.1, 0.15) is 5.82 Å². The highest BCUT2D eigenvalue weighted by molar-refractivity contribution is 5.72. The second-order valence-electron chi connectivity index (χ2n) is 4.28. The van der Waals surface area contributed by atoms with Crippen LogP contribution in [0.25, 0.3) is 5.69 Å². The molecule has 2 N–H and O–H groups in total. The average molecular weight is 291 g/mol. The zero-order valence-electron chi connectivity index (χ0n) is 11.0. The second kappa shape index (κ2) is 6.57. The lowest BCUT2D eigenvalue weighted by atomic mass is 10.3. The fraction of sp³-hybridized carbons (Fsp3) is 0.250. The Bertz CT molecular complexity index is 612. The number of carboxylic acids is 2. The summed E-state index contributed by atoms with van der Waals surface area (Å²) >= 11 is 0. The first-order valence-corrected chi connectivity index (χ1v) is 6.05. The average Bonchev–Trinajstić information content (AvgIpc) is 2.86. The Morgan fingerprint density at radius 3 is 2.29 bits per heavy atom. The number of tetrazole rings is 1. The van der Waals surface area contributed by atoms with E-state index in [9.17, 15) is 9.59 Å². The molecule has 1 aromatic heterocycles. The number of nitrogens with zero attached hydrogens (tertiary/aromatic N) is 5. The molecular formula is C12H13N5O4. The summed E-state index contributed by atoms with van der Waals surface area (Å²) in [5.41, 5.74) is 0.711. The summed E-state index contributed by atoms with van der Waals surface area (Å²) in [5, 5.41) is 28.8. The maximum Gasteiger partial charge on any atom is 0.317 e. The number of carbonyl (C=O) groups is 2. The summed E-state index contributed by atoms with van der Waals surface area (Å²) < 4.78 is 1.44. The van der Waals surface area contributed by atoms with Gasteiger partial charge in [0.05, 0.1) is 25.3 Å². The molecule has 0 atom stereocenters. The smallest absolute Gasteiger partial charge is 0.317 e. The Hall–Kier alpha value is -2.81. The van der Waals surface area contributed by atoms with Crippen molar-refractivity contribution in [3.63, 3.8) is 0 Å². The van der Waals surface area contributed by atoms with Crippen molar-refractivity contribution in [2.45, 2.75) is 6.54 Å². The van der Waals surface area contributed by atoms with E-state index in [1.54, 1.807) is 12.1 Å². The summed E-state index contributed by atoms with van der Waals surface area (Å²) in [4.78, 5) is 22.8. The van der Waals surface area contributed by atoms with Crippen molar-refractivity contribution in [2.24, 2.45) is 0 Å². The van der Waals surface area contributed by atoms with Crippen molar-refractivity contribution >= 4 is 11.9 Å². The van der Waals surface area contributed by atoms with Crippen LogP contribution in [-0.2, 0) is 16.1 Å². The standard InChI is InChI=1S/C12H13N5O4/c18-11(19)7-16(8-12(20)21)6-10-13-14-15-17(10)9-4-2-1-3-5-9/h1-5H,6-8H2,(H,18,19)(H,20,21). The van der Waals surface area contributed by atoms with Crippen molar-refractivity contribution in [1.82, 2.24) is 25.1 Å². The van der Waals surface area contributed by atoms with Gasteiger partial charge in [-0.2, -0.15) is 4.68 Å². The maximum atomic E-state index is 10.8. The van der Waals surface area contributed by atoms with Gasteiger partial charge < -0.3 is 10.2 Å². The molecule has 0 saturated carbocycles. The van der Waals surface area contributed by atoms with Gasteiger partial charge in [-0.25, -0.2) is 0 Å². The molecule has 1 aromatic carbocycles. The van der Waals surface area contributed by atoms with Crippen LogP contribution < -0.4 is 0 Å². The number of aliphatic carboxylic acids is 2. The van der Waals surface area contributed by atoms with E-state index < -0.39 is 25.0 Å². The molecule has 9 heteroatoms. The topological polar surface area (TPSA) is 121 Å². The lowest BCUT2D eigenvalue weighted by Crippen LogP contribution is -2.34. The van der Waals surface area contributed by atoms with E-state index in [1.165, 1.54) is 9.58 Å². The molecule has 0 spiro atoms. The number of benzene rings is 1. The first-order valence-electron chi connectivity index (χ1n) is 6.05. The Kier molecular flexibility index (Phi) is 4.57. The van der Waals surface area contributed by atoms with Gasteiger partial charge in [-0.1, -0.05) is 18.2 Å². The number of para-hydroxylation sites is 1. The molecular weight excluding hydrogens is 278 g/mol. The molecule has 110 valence electrons. The highest BCUT2D eigenvalue weighted by atomic mass is 16.4. The van der Waals surface area contributed by atoms with Crippen LogP contribution in [0, 0.1) is 0 Å². The summed E-state index contributed by atoms with van der Waals surface area (Å²) in [6.45, 7) is -0.803. The van der Waals surface area contributed by atoms with E-state index >= 15 is 0 Å². The predicted octanol–water partition coefficient (Wildman–Crippen LogP) is -0.366. The van der Waals surface area contributed by atoms with Gasteiger partial charge in [0.2, 0.25) is 0 Å². The van der Waals surface area contributed by atoms with E-state index in [-0.39, 0.29) is 6.54 Å². The van der Waals surface area contributed by atoms with Gasteiger partial charge in [0, 0.05) is 0 Å². The fourth-order valence-corrected chi connectivity index (χ4v) is 1.82. The minimum absolute atomic E-state index is 0.0144. The summed E-state index contributed by atoms with van der Waals surface area (Å²) in [6.07, 6.45) is 0. The maximum absolute atomic E-state index is 10.8. The Labute approximate surface area is 119 Å². The van der Waals surface area contributed by atoms with E-state index in [0.717, 1.165) is 0 Å². The van der Waals surface area contributed by atoms with Crippen LogP contribution in [0.3, 0.4) is 0 Å². The van der Waals surface area contributed by atoms with E-state index in [0.29, 0.717) is 11.5 Å². The highest BCUT2D eigenvalue weighted by Crippen LogP contribution is 2.09. The molecule has 1 heterocycles. The molecule has 0 amide bonds. The van der Waals surface area contributed by atoms with Crippen LogP contribution in [0.2, 0.25) is 0 Å². The Morgan fingerprint density at radius 1 is 1.10 bits per heavy atom. The zero-order chi connectivity index (χ0) is 15.2. The highest BCUT2D eigenvalue weighted by Gasteiger charge is 2.18. The van der Waals surface area contributed by atoms with Gasteiger partial charge in [0.15, 0.2) is 5.82 Å². The lowest BCUT2D eigenvalue weighted by molar-refractivity contribution is -0.142. The first kappa shape index (κ1) is 14.6. The van der Waals surface area contributed by atoms with Crippen molar-refractivity contribution in [3.8, 4) is 5.69 Å². The first-order chi connectivity index (χ1) is 10.1. The third-order valence-corrected chi connectivity index (χ3v) is 2.62. The molecule has 2 aromatic rings.